The maximum Gasteiger partial charge on any atom is 0.253 e. The molecule has 96 valence electrons. The molecule has 1 heterocycles. The fourth-order valence-electron chi connectivity index (χ4n) is 1.79. The second-order valence-corrected chi connectivity index (χ2v) is 6.45. The normalized spacial score (nSPS) is 16.1. The molecule has 1 aromatic rings. The van der Waals surface area contributed by atoms with Gasteiger partial charge >= 0.3 is 0 Å². The highest BCUT2D eigenvalue weighted by molar-refractivity contribution is 7.90. The monoisotopic (exact) mass is 266 g/mol. The van der Waals surface area contributed by atoms with Gasteiger partial charge in [-0.2, -0.15) is 5.10 Å². The smallest absolute Gasteiger partial charge is 0.253 e. The molecule has 0 radical (unpaired) electrons. The highest BCUT2D eigenvalue weighted by atomic mass is 32.2. The summed E-state index contributed by atoms with van der Waals surface area (Å²) in [6, 6.07) is 4.71. The summed E-state index contributed by atoms with van der Waals surface area (Å²) in [4.78, 5) is 12.0. The Labute approximate surface area is 106 Å². The highest BCUT2D eigenvalue weighted by Gasteiger charge is 2.25. The first kappa shape index (κ1) is 12.8. The van der Waals surface area contributed by atoms with Crippen LogP contribution in [0.4, 0.5) is 5.69 Å². The molecule has 0 aromatic heterocycles. The molecule has 1 aliphatic rings. The van der Waals surface area contributed by atoms with Crippen LogP contribution in [0, 0.1) is 6.92 Å². The van der Waals surface area contributed by atoms with Crippen LogP contribution < -0.4 is 5.01 Å². The van der Waals surface area contributed by atoms with E-state index in [1.54, 1.807) is 13.0 Å². The summed E-state index contributed by atoms with van der Waals surface area (Å²) >= 11 is 0. The van der Waals surface area contributed by atoms with E-state index < -0.39 is 9.84 Å². The van der Waals surface area contributed by atoms with Gasteiger partial charge in [0.15, 0.2) is 9.84 Å². The lowest BCUT2D eigenvalue weighted by Crippen LogP contribution is -2.20. The minimum absolute atomic E-state index is 0.138. The van der Waals surface area contributed by atoms with Crippen LogP contribution in [0.3, 0.4) is 0 Å². The summed E-state index contributed by atoms with van der Waals surface area (Å²) in [6.07, 6.45) is 1.42. The minimum atomic E-state index is -3.29. The molecule has 0 N–H and O–H groups in total. The molecule has 5 nitrogen and oxygen atoms in total. The maximum atomic E-state index is 11.8. The van der Waals surface area contributed by atoms with Crippen LogP contribution >= 0.6 is 0 Å². The van der Waals surface area contributed by atoms with Crippen molar-refractivity contribution < 1.29 is 13.2 Å². The van der Waals surface area contributed by atoms with E-state index >= 15 is 0 Å². The predicted molar refractivity (Wildman–Crippen MR) is 69.5 cm³/mol. The number of carbonyl (C=O) groups excluding carboxylic acids is 1. The van der Waals surface area contributed by atoms with E-state index in [4.69, 9.17) is 0 Å². The van der Waals surface area contributed by atoms with E-state index in [9.17, 15) is 13.2 Å². The molecule has 0 atom stereocenters. The Balaban J connectivity index is 2.55. The van der Waals surface area contributed by atoms with E-state index in [0.717, 1.165) is 17.5 Å². The van der Waals surface area contributed by atoms with E-state index in [-0.39, 0.29) is 17.2 Å². The average Bonchev–Trinajstić information content (AvgIpc) is 2.56. The number of carbonyl (C=O) groups is 1. The Morgan fingerprint density at radius 1 is 1.28 bits per heavy atom. The first-order valence-corrected chi connectivity index (χ1v) is 7.36. The van der Waals surface area contributed by atoms with Crippen LogP contribution in [-0.2, 0) is 14.6 Å². The van der Waals surface area contributed by atoms with Gasteiger partial charge in [0, 0.05) is 12.0 Å². The second kappa shape index (κ2) is 4.20. The van der Waals surface area contributed by atoms with Crippen molar-refractivity contribution in [2.24, 2.45) is 5.10 Å². The lowest BCUT2D eigenvalue weighted by atomic mass is 10.2. The van der Waals surface area contributed by atoms with Crippen LogP contribution in [-0.4, -0.2) is 26.3 Å². The first-order valence-electron chi connectivity index (χ1n) is 5.47. The van der Waals surface area contributed by atoms with Crippen molar-refractivity contribution in [1.82, 2.24) is 0 Å². The van der Waals surface area contributed by atoms with Gasteiger partial charge in [0.25, 0.3) is 5.91 Å². The molecule has 0 fully saturated rings. The van der Waals surface area contributed by atoms with Gasteiger partial charge in [-0.05, 0) is 31.5 Å². The van der Waals surface area contributed by atoms with Crippen molar-refractivity contribution >= 4 is 27.1 Å². The third-order valence-corrected chi connectivity index (χ3v) is 3.86. The second-order valence-electron chi connectivity index (χ2n) is 4.44. The van der Waals surface area contributed by atoms with Gasteiger partial charge in [0.05, 0.1) is 17.0 Å². The SMILES string of the molecule is CC1=NN(c2cc(S(C)(=O)=O)ccc2C)C(=O)C1. The molecule has 0 saturated heterocycles. The molecule has 1 aliphatic heterocycles. The van der Waals surface area contributed by atoms with E-state index in [0.29, 0.717) is 5.69 Å². The number of hydrogen-bond acceptors (Lipinski definition) is 4. The summed E-state index contributed by atoms with van der Waals surface area (Å²) in [5.41, 5.74) is 2.07. The Morgan fingerprint density at radius 2 is 1.94 bits per heavy atom. The highest BCUT2D eigenvalue weighted by Crippen LogP contribution is 2.27. The van der Waals surface area contributed by atoms with Crippen molar-refractivity contribution in [3.05, 3.63) is 23.8 Å². The summed E-state index contributed by atoms with van der Waals surface area (Å²) < 4.78 is 23.0. The first-order chi connectivity index (χ1) is 8.29. The molecule has 0 aliphatic carbocycles. The average molecular weight is 266 g/mol. The van der Waals surface area contributed by atoms with Crippen molar-refractivity contribution in [1.29, 1.82) is 0 Å². The standard InChI is InChI=1S/C12H14N2O3S/c1-8-4-5-10(18(3,16)17)7-11(8)14-12(15)6-9(2)13-14/h4-5,7H,6H2,1-3H3. The molecule has 0 saturated carbocycles. The van der Waals surface area contributed by atoms with Crippen molar-refractivity contribution in [3.63, 3.8) is 0 Å². The van der Waals surface area contributed by atoms with Gasteiger partial charge in [-0.1, -0.05) is 6.07 Å². The number of aryl methyl sites for hydroxylation is 1. The van der Waals surface area contributed by atoms with Crippen molar-refractivity contribution in [2.45, 2.75) is 25.2 Å². The largest absolute Gasteiger partial charge is 0.272 e. The minimum Gasteiger partial charge on any atom is -0.272 e. The number of hydrazone groups is 1. The summed E-state index contributed by atoms with van der Waals surface area (Å²) in [5.74, 6) is -0.138. The molecule has 2 rings (SSSR count). The molecular weight excluding hydrogens is 252 g/mol. The molecule has 18 heavy (non-hydrogen) atoms. The Kier molecular flexibility index (Phi) is 2.98. The van der Waals surface area contributed by atoms with Gasteiger partial charge < -0.3 is 0 Å². The fraction of sp³-hybridized carbons (Fsp3) is 0.333. The van der Waals surface area contributed by atoms with Crippen LogP contribution in [0.1, 0.15) is 18.9 Å². The number of benzene rings is 1. The number of amides is 1. The third-order valence-electron chi connectivity index (χ3n) is 2.75. The van der Waals surface area contributed by atoms with Crippen LogP contribution in [0.25, 0.3) is 0 Å². The van der Waals surface area contributed by atoms with Gasteiger partial charge in [-0.3, -0.25) is 4.79 Å². The molecule has 0 unspecified atom stereocenters. The zero-order valence-electron chi connectivity index (χ0n) is 10.5. The van der Waals surface area contributed by atoms with Crippen LogP contribution in [0.2, 0.25) is 0 Å². The van der Waals surface area contributed by atoms with Crippen molar-refractivity contribution in [2.75, 3.05) is 11.3 Å². The molecule has 1 amide bonds. The predicted octanol–water partition coefficient (Wildman–Crippen LogP) is 1.51. The molecule has 0 spiro atoms. The van der Waals surface area contributed by atoms with Crippen LogP contribution in [0.5, 0.6) is 0 Å². The maximum absolute atomic E-state index is 11.8. The molecule has 6 heteroatoms. The number of hydrogen-bond donors (Lipinski definition) is 0. The molecule has 1 aromatic carbocycles. The molecule has 0 bridgehead atoms. The summed E-state index contributed by atoms with van der Waals surface area (Å²) in [6.45, 7) is 3.59. The zero-order chi connectivity index (χ0) is 13.5. The van der Waals surface area contributed by atoms with Gasteiger partial charge in [-0.25, -0.2) is 13.4 Å². The third kappa shape index (κ3) is 2.28. The topological polar surface area (TPSA) is 66.8 Å². The number of rotatable bonds is 2. The Hall–Kier alpha value is -1.69. The summed E-state index contributed by atoms with van der Waals surface area (Å²) in [5, 5.41) is 5.41. The lowest BCUT2D eigenvalue weighted by molar-refractivity contribution is -0.116. The zero-order valence-corrected chi connectivity index (χ0v) is 11.3. The van der Waals surface area contributed by atoms with Gasteiger partial charge in [0.1, 0.15) is 0 Å². The molecular formula is C12H14N2O3S. The summed E-state index contributed by atoms with van der Waals surface area (Å²) in [7, 11) is -3.29. The van der Waals surface area contributed by atoms with Crippen LogP contribution in [0.15, 0.2) is 28.2 Å². The van der Waals surface area contributed by atoms with Gasteiger partial charge in [0.2, 0.25) is 0 Å². The number of anilines is 1. The number of sulfone groups is 1. The lowest BCUT2D eigenvalue weighted by Gasteiger charge is -2.15. The van der Waals surface area contributed by atoms with E-state index in [1.807, 2.05) is 6.92 Å². The van der Waals surface area contributed by atoms with E-state index in [1.165, 1.54) is 17.1 Å². The van der Waals surface area contributed by atoms with Gasteiger partial charge in [-0.15, -0.1) is 0 Å². The van der Waals surface area contributed by atoms with E-state index in [2.05, 4.69) is 5.10 Å². The quantitative estimate of drug-likeness (QED) is 0.815. The van der Waals surface area contributed by atoms with Crippen molar-refractivity contribution in [3.8, 4) is 0 Å². The Bertz CT molecular complexity index is 647. The number of nitrogens with zero attached hydrogens (tertiary/aromatic N) is 2. The fourth-order valence-corrected chi connectivity index (χ4v) is 2.43. The Morgan fingerprint density at radius 3 is 2.44 bits per heavy atom.